The first-order valence-corrected chi connectivity index (χ1v) is 8.50. The highest BCUT2D eigenvalue weighted by atomic mass is 16.5. The number of likely N-dealkylation sites (tertiary alicyclic amines) is 1. The quantitative estimate of drug-likeness (QED) is 0.797. The Morgan fingerprint density at radius 3 is 2.50 bits per heavy atom. The maximum Gasteiger partial charge on any atom is 0.314 e. The highest BCUT2D eigenvalue weighted by Gasteiger charge is 2.63. The number of carbonyl (C=O) groups excluding carboxylic acids is 2. The van der Waals surface area contributed by atoms with Crippen molar-refractivity contribution in [1.29, 1.82) is 0 Å². The van der Waals surface area contributed by atoms with Gasteiger partial charge in [-0.1, -0.05) is 20.8 Å². The van der Waals surface area contributed by atoms with Gasteiger partial charge in [-0.2, -0.15) is 0 Å². The van der Waals surface area contributed by atoms with Crippen molar-refractivity contribution >= 4 is 12.0 Å². The third-order valence-corrected chi connectivity index (χ3v) is 7.04. The van der Waals surface area contributed by atoms with Gasteiger partial charge in [0, 0.05) is 18.5 Å². The highest BCUT2D eigenvalue weighted by molar-refractivity contribution is 5.76. The van der Waals surface area contributed by atoms with Crippen LogP contribution in [0.2, 0.25) is 0 Å². The van der Waals surface area contributed by atoms with Gasteiger partial charge in [0.15, 0.2) is 0 Å². The summed E-state index contributed by atoms with van der Waals surface area (Å²) in [6, 6.07) is -0.439. The molecule has 1 heterocycles. The summed E-state index contributed by atoms with van der Waals surface area (Å²) in [5, 5.41) is 0. The lowest BCUT2D eigenvalue weighted by atomic mass is 9.70. The summed E-state index contributed by atoms with van der Waals surface area (Å²) in [5.41, 5.74) is 5.66. The minimum atomic E-state index is -0.439. The number of nitrogens with zero attached hydrogens (tertiary/aromatic N) is 1. The summed E-state index contributed by atoms with van der Waals surface area (Å²) < 4.78 is 5.93. The normalized spacial score (nSPS) is 39.8. The van der Waals surface area contributed by atoms with Crippen LogP contribution in [-0.2, 0) is 9.53 Å². The maximum absolute atomic E-state index is 12.6. The molecular weight excluding hydrogens is 280 g/mol. The molecular formula is C17H28N2O3. The number of ether oxygens (including phenoxy) is 1. The number of nitrogens with two attached hydrogens (primary N) is 1. The van der Waals surface area contributed by atoms with E-state index in [9.17, 15) is 9.59 Å². The second kappa shape index (κ2) is 5.14. The number of urea groups is 1. The molecule has 5 nitrogen and oxygen atoms in total. The molecule has 2 amide bonds. The van der Waals surface area contributed by atoms with Crippen LogP contribution >= 0.6 is 0 Å². The molecule has 0 spiro atoms. The van der Waals surface area contributed by atoms with Gasteiger partial charge in [-0.3, -0.25) is 4.79 Å². The van der Waals surface area contributed by atoms with Crippen LogP contribution in [0, 0.1) is 22.7 Å². The number of primary amides is 1. The summed E-state index contributed by atoms with van der Waals surface area (Å²) >= 11 is 0. The molecule has 2 aliphatic carbocycles. The zero-order valence-corrected chi connectivity index (χ0v) is 13.9. The Balaban J connectivity index is 1.64. The molecule has 1 aliphatic heterocycles. The predicted molar refractivity (Wildman–Crippen MR) is 83.0 cm³/mol. The van der Waals surface area contributed by atoms with Crippen LogP contribution in [0.5, 0.6) is 0 Å². The van der Waals surface area contributed by atoms with Gasteiger partial charge in [0.2, 0.25) is 0 Å². The van der Waals surface area contributed by atoms with Gasteiger partial charge in [0.25, 0.3) is 0 Å². The molecule has 4 atom stereocenters. The SMILES string of the molecule is CC1(C)[C@H]2CC[C@]1(C)[C@H](OC(=O)[C@H]1CCCN(C(N)=O)C1)C2. The van der Waals surface area contributed by atoms with E-state index in [-0.39, 0.29) is 28.8 Å². The van der Waals surface area contributed by atoms with Gasteiger partial charge in [0.1, 0.15) is 6.10 Å². The number of fused-ring (bicyclic) bond motifs is 2. The third kappa shape index (κ3) is 2.20. The number of esters is 1. The van der Waals surface area contributed by atoms with Crippen molar-refractivity contribution in [2.45, 2.75) is 59.0 Å². The topological polar surface area (TPSA) is 72.6 Å². The van der Waals surface area contributed by atoms with Crippen LogP contribution in [0.3, 0.4) is 0 Å². The minimum absolute atomic E-state index is 0.0257. The largest absolute Gasteiger partial charge is 0.461 e. The number of hydrogen-bond acceptors (Lipinski definition) is 3. The van der Waals surface area contributed by atoms with Crippen LogP contribution in [-0.4, -0.2) is 36.1 Å². The Labute approximate surface area is 132 Å². The summed E-state index contributed by atoms with van der Waals surface area (Å²) in [6.07, 6.45) is 5.01. The van der Waals surface area contributed by atoms with E-state index in [1.165, 1.54) is 6.42 Å². The van der Waals surface area contributed by atoms with E-state index in [1.807, 2.05) is 0 Å². The Morgan fingerprint density at radius 2 is 1.95 bits per heavy atom. The number of amides is 2. The molecule has 2 N–H and O–H groups in total. The fraction of sp³-hybridized carbons (Fsp3) is 0.882. The zero-order chi connectivity index (χ0) is 16.1. The van der Waals surface area contributed by atoms with Crippen molar-refractivity contribution in [3.05, 3.63) is 0 Å². The molecule has 2 bridgehead atoms. The first-order chi connectivity index (χ1) is 10.3. The Hall–Kier alpha value is -1.26. The van der Waals surface area contributed by atoms with Crippen LogP contribution in [0.25, 0.3) is 0 Å². The van der Waals surface area contributed by atoms with E-state index >= 15 is 0 Å². The maximum atomic E-state index is 12.6. The van der Waals surface area contributed by atoms with Crippen LogP contribution in [0.4, 0.5) is 4.79 Å². The third-order valence-electron chi connectivity index (χ3n) is 7.04. The standard InChI is InChI=1S/C17H28N2O3/c1-16(2)12-6-7-17(16,3)13(9-12)22-14(20)11-5-4-8-19(10-11)15(18)21/h11-13H,4-10H2,1-3H3,(H2,18,21)/t11-,12-,13+,17+/m0/s1. The van der Waals surface area contributed by atoms with Crippen molar-refractivity contribution in [3.63, 3.8) is 0 Å². The van der Waals surface area contributed by atoms with E-state index in [0.717, 1.165) is 25.7 Å². The number of piperidine rings is 1. The predicted octanol–water partition coefficient (Wildman–Crippen LogP) is 2.54. The number of hydrogen-bond donors (Lipinski definition) is 1. The van der Waals surface area contributed by atoms with Gasteiger partial charge < -0.3 is 15.4 Å². The zero-order valence-electron chi connectivity index (χ0n) is 13.9. The first-order valence-electron chi connectivity index (χ1n) is 8.50. The van der Waals surface area contributed by atoms with Gasteiger partial charge in [-0.05, 0) is 43.4 Å². The molecule has 124 valence electrons. The Morgan fingerprint density at radius 1 is 1.23 bits per heavy atom. The smallest absolute Gasteiger partial charge is 0.314 e. The lowest BCUT2D eigenvalue weighted by Crippen LogP contribution is -2.46. The summed E-state index contributed by atoms with van der Waals surface area (Å²) in [7, 11) is 0. The van der Waals surface area contributed by atoms with Crippen molar-refractivity contribution in [1.82, 2.24) is 4.90 Å². The van der Waals surface area contributed by atoms with E-state index in [2.05, 4.69) is 20.8 Å². The second-order valence-corrected chi connectivity index (χ2v) is 8.16. The number of carbonyl (C=O) groups is 2. The summed E-state index contributed by atoms with van der Waals surface area (Å²) in [4.78, 5) is 25.4. The van der Waals surface area contributed by atoms with Crippen LogP contribution < -0.4 is 5.73 Å². The average molecular weight is 308 g/mol. The fourth-order valence-corrected chi connectivity index (χ4v) is 4.91. The lowest BCUT2D eigenvalue weighted by Gasteiger charge is -2.39. The van der Waals surface area contributed by atoms with Gasteiger partial charge in [-0.15, -0.1) is 0 Å². The van der Waals surface area contributed by atoms with Crippen LogP contribution in [0.15, 0.2) is 0 Å². The summed E-state index contributed by atoms with van der Waals surface area (Å²) in [5.74, 6) is 0.302. The van der Waals surface area contributed by atoms with Crippen molar-refractivity contribution in [2.24, 2.45) is 28.4 Å². The number of rotatable bonds is 2. The molecule has 0 aromatic rings. The minimum Gasteiger partial charge on any atom is -0.461 e. The molecule has 0 aromatic heterocycles. The molecule has 3 fully saturated rings. The van der Waals surface area contributed by atoms with E-state index < -0.39 is 6.03 Å². The molecule has 0 unspecified atom stereocenters. The second-order valence-electron chi connectivity index (χ2n) is 8.16. The highest BCUT2D eigenvalue weighted by Crippen LogP contribution is 2.66. The van der Waals surface area contributed by atoms with Crippen molar-refractivity contribution < 1.29 is 14.3 Å². The van der Waals surface area contributed by atoms with Crippen molar-refractivity contribution in [3.8, 4) is 0 Å². The molecule has 22 heavy (non-hydrogen) atoms. The molecule has 1 saturated heterocycles. The van der Waals surface area contributed by atoms with E-state index in [0.29, 0.717) is 19.0 Å². The molecule has 2 saturated carbocycles. The average Bonchev–Trinajstić information content (AvgIpc) is 2.80. The summed E-state index contributed by atoms with van der Waals surface area (Å²) in [6.45, 7) is 7.95. The first kappa shape index (κ1) is 15.6. The van der Waals surface area contributed by atoms with Gasteiger partial charge in [0.05, 0.1) is 5.92 Å². The molecule has 5 heteroatoms. The van der Waals surface area contributed by atoms with Crippen molar-refractivity contribution in [2.75, 3.05) is 13.1 Å². The van der Waals surface area contributed by atoms with Gasteiger partial charge >= 0.3 is 12.0 Å². The van der Waals surface area contributed by atoms with E-state index in [4.69, 9.17) is 10.5 Å². The molecule has 0 radical (unpaired) electrons. The molecule has 3 rings (SSSR count). The fourth-order valence-electron chi connectivity index (χ4n) is 4.91. The van der Waals surface area contributed by atoms with Gasteiger partial charge in [-0.25, -0.2) is 4.79 Å². The van der Waals surface area contributed by atoms with Crippen LogP contribution in [0.1, 0.15) is 52.9 Å². The van der Waals surface area contributed by atoms with E-state index in [1.54, 1.807) is 4.90 Å². The lowest BCUT2D eigenvalue weighted by molar-refractivity contribution is -0.163. The molecule has 3 aliphatic rings. The Kier molecular flexibility index (Phi) is 3.65. The Bertz CT molecular complexity index is 490. The molecule has 0 aromatic carbocycles. The monoisotopic (exact) mass is 308 g/mol.